The van der Waals surface area contributed by atoms with E-state index in [2.05, 4.69) is 10.3 Å². The van der Waals surface area contributed by atoms with Gasteiger partial charge >= 0.3 is 0 Å². The second-order valence-electron chi connectivity index (χ2n) is 5.93. The first-order valence-corrected chi connectivity index (χ1v) is 7.72. The number of hydrogen-bond acceptors (Lipinski definition) is 3. The topological polar surface area (TPSA) is 62.3 Å². The van der Waals surface area contributed by atoms with Crippen LogP contribution in [0.15, 0.2) is 42.7 Å². The van der Waals surface area contributed by atoms with E-state index in [9.17, 15) is 9.59 Å². The summed E-state index contributed by atoms with van der Waals surface area (Å²) < 4.78 is 0. The van der Waals surface area contributed by atoms with Crippen LogP contribution >= 0.6 is 0 Å². The van der Waals surface area contributed by atoms with E-state index >= 15 is 0 Å². The van der Waals surface area contributed by atoms with Crippen LogP contribution in [0.3, 0.4) is 0 Å². The quantitative estimate of drug-likeness (QED) is 0.948. The largest absolute Gasteiger partial charge is 0.326 e. The van der Waals surface area contributed by atoms with Crippen LogP contribution in [0, 0.1) is 5.92 Å². The number of nitrogens with zero attached hydrogens (tertiary/aromatic N) is 2. The molecule has 1 aliphatic rings. The summed E-state index contributed by atoms with van der Waals surface area (Å²) in [6, 6.07) is 9.17. The van der Waals surface area contributed by atoms with Crippen LogP contribution in [0.4, 0.5) is 11.4 Å². The Labute approximate surface area is 135 Å². The highest BCUT2D eigenvalue weighted by molar-refractivity contribution is 6.07. The van der Waals surface area contributed by atoms with Gasteiger partial charge in [0.2, 0.25) is 5.91 Å². The number of pyridine rings is 1. The molecule has 1 aromatic carbocycles. The molecule has 2 heterocycles. The van der Waals surface area contributed by atoms with E-state index in [1.54, 1.807) is 29.4 Å². The molecule has 0 atom stereocenters. The van der Waals surface area contributed by atoms with Gasteiger partial charge in [0, 0.05) is 41.8 Å². The molecule has 1 aliphatic heterocycles. The van der Waals surface area contributed by atoms with Crippen LogP contribution in [0.2, 0.25) is 0 Å². The molecule has 0 fully saturated rings. The molecular formula is C18H19N3O2. The number of anilines is 2. The zero-order valence-corrected chi connectivity index (χ0v) is 13.2. The van der Waals surface area contributed by atoms with Gasteiger partial charge in [-0.1, -0.05) is 19.9 Å². The molecule has 23 heavy (non-hydrogen) atoms. The average molecular weight is 309 g/mol. The molecular weight excluding hydrogens is 290 g/mol. The molecule has 1 aromatic heterocycles. The molecule has 0 radical (unpaired) electrons. The van der Waals surface area contributed by atoms with Gasteiger partial charge in [-0.05, 0) is 36.2 Å². The highest BCUT2D eigenvalue weighted by atomic mass is 16.2. The first kappa shape index (κ1) is 15.2. The van der Waals surface area contributed by atoms with Crippen LogP contribution in [-0.4, -0.2) is 23.3 Å². The van der Waals surface area contributed by atoms with Gasteiger partial charge in [-0.25, -0.2) is 0 Å². The van der Waals surface area contributed by atoms with Gasteiger partial charge in [0.25, 0.3) is 5.91 Å². The average Bonchev–Trinajstić information content (AvgIpc) is 2.98. The third-order valence-electron chi connectivity index (χ3n) is 3.95. The maximum absolute atomic E-state index is 12.7. The number of benzene rings is 1. The van der Waals surface area contributed by atoms with Crippen LogP contribution in [0.1, 0.15) is 29.8 Å². The molecule has 2 amide bonds. The number of carbonyl (C=O) groups excluding carboxylic acids is 2. The van der Waals surface area contributed by atoms with E-state index in [1.807, 2.05) is 32.0 Å². The van der Waals surface area contributed by atoms with E-state index in [4.69, 9.17) is 0 Å². The minimum Gasteiger partial charge on any atom is -0.326 e. The standard InChI is InChI=1S/C18H19N3O2/c1-12(2)17(22)20-15-4-3-13-7-10-21(16(13)11-15)18(23)14-5-8-19-9-6-14/h3-6,8-9,11-12H,7,10H2,1-2H3,(H,20,22). The third kappa shape index (κ3) is 3.08. The molecule has 0 saturated carbocycles. The maximum atomic E-state index is 12.7. The van der Waals surface area contributed by atoms with Gasteiger partial charge in [-0.3, -0.25) is 14.6 Å². The van der Waals surface area contributed by atoms with Crippen LogP contribution < -0.4 is 10.2 Å². The molecule has 118 valence electrons. The summed E-state index contributed by atoms with van der Waals surface area (Å²) in [7, 11) is 0. The zero-order valence-electron chi connectivity index (χ0n) is 13.2. The van der Waals surface area contributed by atoms with Crippen molar-refractivity contribution in [3.63, 3.8) is 0 Å². The number of fused-ring (bicyclic) bond motifs is 1. The van der Waals surface area contributed by atoms with Crippen molar-refractivity contribution in [2.75, 3.05) is 16.8 Å². The molecule has 0 saturated heterocycles. The Kier molecular flexibility index (Phi) is 4.10. The highest BCUT2D eigenvalue weighted by Gasteiger charge is 2.26. The van der Waals surface area contributed by atoms with Crippen molar-refractivity contribution in [3.8, 4) is 0 Å². The summed E-state index contributed by atoms with van der Waals surface area (Å²) in [5.74, 6) is -0.161. The Morgan fingerprint density at radius 1 is 1.17 bits per heavy atom. The van der Waals surface area contributed by atoms with Gasteiger partial charge < -0.3 is 10.2 Å². The van der Waals surface area contributed by atoms with Gasteiger partial charge in [0.1, 0.15) is 0 Å². The van der Waals surface area contributed by atoms with E-state index in [0.29, 0.717) is 12.1 Å². The lowest BCUT2D eigenvalue weighted by Gasteiger charge is -2.18. The molecule has 0 unspecified atom stereocenters. The lowest BCUT2D eigenvalue weighted by molar-refractivity contribution is -0.118. The summed E-state index contributed by atoms with van der Waals surface area (Å²) in [5, 5.41) is 2.88. The summed E-state index contributed by atoms with van der Waals surface area (Å²) in [6.45, 7) is 4.35. The third-order valence-corrected chi connectivity index (χ3v) is 3.95. The maximum Gasteiger partial charge on any atom is 0.258 e. The molecule has 0 spiro atoms. The Balaban J connectivity index is 1.87. The van der Waals surface area contributed by atoms with Crippen LogP contribution in [0.25, 0.3) is 0 Å². The van der Waals surface area contributed by atoms with Crippen molar-refractivity contribution < 1.29 is 9.59 Å². The lowest BCUT2D eigenvalue weighted by Crippen LogP contribution is -2.29. The number of rotatable bonds is 3. The molecule has 5 nitrogen and oxygen atoms in total. The number of nitrogens with one attached hydrogen (secondary N) is 1. The fourth-order valence-corrected chi connectivity index (χ4v) is 2.60. The van der Waals surface area contributed by atoms with E-state index in [-0.39, 0.29) is 17.7 Å². The van der Waals surface area contributed by atoms with Gasteiger partial charge in [0.05, 0.1) is 0 Å². The number of aromatic nitrogens is 1. The first-order chi connectivity index (χ1) is 11.1. The molecule has 5 heteroatoms. The first-order valence-electron chi connectivity index (χ1n) is 7.72. The summed E-state index contributed by atoms with van der Waals surface area (Å²) in [6.07, 6.45) is 4.05. The van der Waals surface area contributed by atoms with Crippen molar-refractivity contribution in [1.29, 1.82) is 0 Å². The van der Waals surface area contributed by atoms with E-state index in [1.165, 1.54) is 0 Å². The molecule has 0 aliphatic carbocycles. The van der Waals surface area contributed by atoms with Crippen molar-refractivity contribution in [2.45, 2.75) is 20.3 Å². The number of amides is 2. The number of hydrogen-bond donors (Lipinski definition) is 1. The van der Waals surface area contributed by atoms with Gasteiger partial charge in [-0.15, -0.1) is 0 Å². The molecule has 0 bridgehead atoms. The fraction of sp³-hybridized carbons (Fsp3) is 0.278. The minimum absolute atomic E-state index is 0.0324. The molecule has 3 rings (SSSR count). The molecule has 1 N–H and O–H groups in total. The summed E-state index contributed by atoms with van der Waals surface area (Å²) in [4.78, 5) is 30.2. The Morgan fingerprint density at radius 3 is 2.61 bits per heavy atom. The highest BCUT2D eigenvalue weighted by Crippen LogP contribution is 2.32. The van der Waals surface area contributed by atoms with Gasteiger partial charge in [-0.2, -0.15) is 0 Å². The van der Waals surface area contributed by atoms with Crippen molar-refractivity contribution in [2.24, 2.45) is 5.92 Å². The summed E-state index contributed by atoms with van der Waals surface area (Å²) >= 11 is 0. The normalized spacial score (nSPS) is 13.1. The monoisotopic (exact) mass is 309 g/mol. The van der Waals surface area contributed by atoms with Gasteiger partial charge in [0.15, 0.2) is 0 Å². The Bertz CT molecular complexity index is 741. The van der Waals surface area contributed by atoms with E-state index < -0.39 is 0 Å². The Hall–Kier alpha value is -2.69. The Morgan fingerprint density at radius 2 is 1.91 bits per heavy atom. The molecule has 2 aromatic rings. The van der Waals surface area contributed by atoms with Crippen LogP contribution in [-0.2, 0) is 11.2 Å². The van der Waals surface area contributed by atoms with Crippen molar-refractivity contribution in [1.82, 2.24) is 4.98 Å². The second-order valence-corrected chi connectivity index (χ2v) is 5.93. The minimum atomic E-state index is -0.0854. The van der Waals surface area contributed by atoms with Crippen molar-refractivity contribution in [3.05, 3.63) is 53.9 Å². The predicted octanol–water partition coefficient (Wildman–Crippen LogP) is 2.88. The summed E-state index contributed by atoms with van der Waals surface area (Å²) in [5.41, 5.74) is 3.32. The van der Waals surface area contributed by atoms with E-state index in [0.717, 1.165) is 23.4 Å². The zero-order chi connectivity index (χ0) is 16.4. The smallest absolute Gasteiger partial charge is 0.258 e. The van der Waals surface area contributed by atoms with Crippen LogP contribution in [0.5, 0.6) is 0 Å². The van der Waals surface area contributed by atoms with Crippen molar-refractivity contribution >= 4 is 23.2 Å². The second kappa shape index (κ2) is 6.20. The predicted molar refractivity (Wildman–Crippen MR) is 89.5 cm³/mol. The SMILES string of the molecule is CC(C)C(=O)Nc1ccc2c(c1)N(C(=O)c1ccncc1)CC2. The lowest BCUT2D eigenvalue weighted by atomic mass is 10.1. The number of carbonyl (C=O) groups is 2. The fourth-order valence-electron chi connectivity index (χ4n) is 2.60.